The molecule has 2 amide bonds. The van der Waals surface area contributed by atoms with Gasteiger partial charge in [-0.15, -0.1) is 0 Å². The van der Waals surface area contributed by atoms with Crippen LogP contribution < -0.4 is 10.6 Å². The number of rotatable bonds is 5. The highest BCUT2D eigenvalue weighted by atomic mass is 16.2. The summed E-state index contributed by atoms with van der Waals surface area (Å²) in [5, 5.41) is 10.3. The lowest BCUT2D eigenvalue weighted by Gasteiger charge is -2.23. The number of urea groups is 1. The smallest absolute Gasteiger partial charge is 0.319 e. The second-order valence-corrected chi connectivity index (χ2v) is 6.55. The lowest BCUT2D eigenvalue weighted by atomic mass is 9.96. The summed E-state index contributed by atoms with van der Waals surface area (Å²) in [6.45, 7) is 4.18. The van der Waals surface area contributed by atoms with E-state index in [-0.39, 0.29) is 18.0 Å². The third-order valence-corrected chi connectivity index (χ3v) is 4.09. The second-order valence-electron chi connectivity index (χ2n) is 6.55. The molecule has 1 unspecified atom stereocenters. The Hall–Kier alpha value is -3.15. The Morgan fingerprint density at radius 1 is 1.08 bits per heavy atom. The summed E-state index contributed by atoms with van der Waals surface area (Å²) in [6.07, 6.45) is 1.65. The van der Waals surface area contributed by atoms with Gasteiger partial charge in [0.1, 0.15) is 6.33 Å². The minimum atomic E-state index is -0.237. The van der Waals surface area contributed by atoms with Crippen LogP contribution in [0.15, 0.2) is 60.9 Å². The fourth-order valence-corrected chi connectivity index (χ4v) is 2.81. The van der Waals surface area contributed by atoms with Gasteiger partial charge in [0.05, 0.1) is 6.04 Å². The van der Waals surface area contributed by atoms with Crippen LogP contribution in [0.4, 0.5) is 10.5 Å². The van der Waals surface area contributed by atoms with E-state index in [1.165, 1.54) is 0 Å². The fraction of sp³-hybridized carbons (Fsp3) is 0.250. The summed E-state index contributed by atoms with van der Waals surface area (Å²) < 4.78 is 1.65. The van der Waals surface area contributed by atoms with Crippen LogP contribution in [-0.4, -0.2) is 20.8 Å². The first-order valence-electron chi connectivity index (χ1n) is 8.61. The van der Waals surface area contributed by atoms with Gasteiger partial charge in [-0.1, -0.05) is 56.3 Å². The Bertz CT molecular complexity index is 873. The van der Waals surface area contributed by atoms with E-state index in [1.807, 2.05) is 61.6 Å². The van der Waals surface area contributed by atoms with Crippen molar-refractivity contribution in [3.8, 4) is 11.4 Å². The zero-order valence-corrected chi connectivity index (χ0v) is 15.2. The molecule has 1 atom stereocenters. The molecule has 0 aliphatic rings. The Kier molecular flexibility index (Phi) is 5.31. The number of carbonyl (C=O) groups is 1. The average molecular weight is 349 g/mol. The molecule has 2 aromatic carbocycles. The van der Waals surface area contributed by atoms with Crippen LogP contribution in [0, 0.1) is 5.92 Å². The molecule has 0 aliphatic heterocycles. The minimum Gasteiger partial charge on any atom is -0.331 e. The lowest BCUT2D eigenvalue weighted by molar-refractivity contribution is 0.244. The van der Waals surface area contributed by atoms with E-state index in [4.69, 9.17) is 0 Å². The molecule has 3 aromatic rings. The van der Waals surface area contributed by atoms with E-state index in [1.54, 1.807) is 11.0 Å². The largest absolute Gasteiger partial charge is 0.331 e. The summed E-state index contributed by atoms with van der Waals surface area (Å²) in [4.78, 5) is 16.7. The Morgan fingerprint density at radius 2 is 1.85 bits per heavy atom. The summed E-state index contributed by atoms with van der Waals surface area (Å²) >= 11 is 0. The molecule has 1 heterocycles. The quantitative estimate of drug-likeness (QED) is 0.731. The molecule has 0 bridgehead atoms. The number of benzene rings is 2. The number of hydrogen-bond acceptors (Lipinski definition) is 3. The molecule has 0 spiro atoms. The van der Waals surface area contributed by atoms with Crippen LogP contribution in [0.1, 0.15) is 25.5 Å². The minimum absolute atomic E-state index is 0.0585. The first kappa shape index (κ1) is 17.7. The third-order valence-electron chi connectivity index (χ3n) is 4.09. The van der Waals surface area contributed by atoms with Gasteiger partial charge in [0.15, 0.2) is 5.82 Å². The highest BCUT2D eigenvalue weighted by molar-refractivity contribution is 5.90. The zero-order valence-electron chi connectivity index (χ0n) is 15.2. The first-order chi connectivity index (χ1) is 12.5. The van der Waals surface area contributed by atoms with Crippen LogP contribution in [0.25, 0.3) is 11.4 Å². The van der Waals surface area contributed by atoms with Crippen LogP contribution in [0.5, 0.6) is 0 Å². The normalized spacial score (nSPS) is 12.0. The van der Waals surface area contributed by atoms with Gasteiger partial charge in [-0.2, -0.15) is 5.10 Å². The molecular weight excluding hydrogens is 326 g/mol. The summed E-state index contributed by atoms with van der Waals surface area (Å²) in [5.41, 5.74) is 2.64. The van der Waals surface area contributed by atoms with Gasteiger partial charge in [0.2, 0.25) is 0 Å². The molecule has 6 nitrogen and oxygen atoms in total. The molecule has 0 saturated heterocycles. The molecule has 0 radical (unpaired) electrons. The number of aromatic nitrogens is 3. The van der Waals surface area contributed by atoms with E-state index < -0.39 is 0 Å². The average Bonchev–Trinajstić information content (AvgIpc) is 3.07. The van der Waals surface area contributed by atoms with Crippen LogP contribution >= 0.6 is 0 Å². The Labute approximate surface area is 153 Å². The van der Waals surface area contributed by atoms with Gasteiger partial charge < -0.3 is 10.6 Å². The monoisotopic (exact) mass is 349 g/mol. The molecule has 6 heteroatoms. The maximum Gasteiger partial charge on any atom is 0.319 e. The molecular formula is C20H23N5O. The SMILES string of the molecule is CC(C)C(NC(=O)Nc1cccc(-c2ncn(C)n2)c1)c1ccccc1. The first-order valence-corrected chi connectivity index (χ1v) is 8.61. The van der Waals surface area contributed by atoms with Crippen LogP contribution in [0.2, 0.25) is 0 Å². The van der Waals surface area contributed by atoms with Crippen LogP contribution in [0.3, 0.4) is 0 Å². The number of amides is 2. The Balaban J connectivity index is 1.71. The lowest BCUT2D eigenvalue weighted by Crippen LogP contribution is -2.35. The van der Waals surface area contributed by atoms with Gasteiger partial charge in [0, 0.05) is 18.3 Å². The molecule has 134 valence electrons. The third kappa shape index (κ3) is 4.27. The van der Waals surface area contributed by atoms with Crippen molar-refractivity contribution in [3.63, 3.8) is 0 Å². The number of nitrogens with zero attached hydrogens (tertiary/aromatic N) is 3. The maximum atomic E-state index is 12.5. The van der Waals surface area contributed by atoms with E-state index >= 15 is 0 Å². The molecule has 0 saturated carbocycles. The molecule has 1 aromatic heterocycles. The topological polar surface area (TPSA) is 71.8 Å². The molecule has 0 fully saturated rings. The predicted molar refractivity (Wildman–Crippen MR) is 103 cm³/mol. The number of anilines is 1. The highest BCUT2D eigenvalue weighted by Crippen LogP contribution is 2.22. The van der Waals surface area contributed by atoms with E-state index in [9.17, 15) is 4.79 Å². The second kappa shape index (κ2) is 7.82. The Morgan fingerprint density at radius 3 is 2.50 bits per heavy atom. The maximum absolute atomic E-state index is 12.5. The van der Waals surface area contributed by atoms with Gasteiger partial charge in [-0.25, -0.2) is 9.78 Å². The number of nitrogens with one attached hydrogen (secondary N) is 2. The van der Waals surface area contributed by atoms with Gasteiger partial charge in [-0.3, -0.25) is 4.68 Å². The van der Waals surface area contributed by atoms with Crippen molar-refractivity contribution in [1.29, 1.82) is 0 Å². The van der Waals surface area contributed by atoms with Crippen molar-refractivity contribution in [2.75, 3.05) is 5.32 Å². The molecule has 26 heavy (non-hydrogen) atoms. The summed E-state index contributed by atoms with van der Waals surface area (Å²) in [6, 6.07) is 17.2. The van der Waals surface area contributed by atoms with Crippen molar-refractivity contribution in [2.24, 2.45) is 13.0 Å². The standard InChI is InChI=1S/C20H23N5O/c1-14(2)18(15-8-5-4-6-9-15)23-20(26)22-17-11-7-10-16(12-17)19-21-13-25(3)24-19/h4-14,18H,1-3H3,(H2,22,23,26). The van der Waals surface area contributed by atoms with Gasteiger partial charge in [0.25, 0.3) is 0 Å². The number of aryl methyl sites for hydroxylation is 1. The fourth-order valence-electron chi connectivity index (χ4n) is 2.81. The van der Waals surface area contributed by atoms with Crippen molar-refractivity contribution in [1.82, 2.24) is 20.1 Å². The number of carbonyl (C=O) groups excluding carboxylic acids is 1. The van der Waals surface area contributed by atoms with E-state index in [2.05, 4.69) is 34.6 Å². The highest BCUT2D eigenvalue weighted by Gasteiger charge is 2.18. The van der Waals surface area contributed by atoms with Gasteiger partial charge in [-0.05, 0) is 23.6 Å². The molecule has 2 N–H and O–H groups in total. The van der Waals surface area contributed by atoms with Crippen molar-refractivity contribution in [2.45, 2.75) is 19.9 Å². The predicted octanol–water partition coefficient (Wildman–Crippen LogP) is 4.00. The van der Waals surface area contributed by atoms with Crippen LogP contribution in [-0.2, 0) is 7.05 Å². The van der Waals surface area contributed by atoms with Crippen molar-refractivity contribution < 1.29 is 4.79 Å². The molecule has 0 aliphatic carbocycles. The van der Waals surface area contributed by atoms with E-state index in [0.29, 0.717) is 11.5 Å². The zero-order chi connectivity index (χ0) is 18.5. The van der Waals surface area contributed by atoms with Crippen molar-refractivity contribution in [3.05, 3.63) is 66.5 Å². The summed E-state index contributed by atoms with van der Waals surface area (Å²) in [7, 11) is 1.82. The van der Waals surface area contributed by atoms with Crippen molar-refractivity contribution >= 4 is 11.7 Å². The molecule has 3 rings (SSSR count). The van der Waals surface area contributed by atoms with E-state index in [0.717, 1.165) is 11.1 Å². The number of hydrogen-bond donors (Lipinski definition) is 2. The summed E-state index contributed by atoms with van der Waals surface area (Å²) in [5.74, 6) is 0.896. The van der Waals surface area contributed by atoms with Gasteiger partial charge >= 0.3 is 6.03 Å².